The van der Waals surface area contributed by atoms with Crippen molar-refractivity contribution in [3.63, 3.8) is 0 Å². The zero-order valence-corrected chi connectivity index (χ0v) is 11.1. The third-order valence-electron chi connectivity index (χ3n) is 2.61. The van der Waals surface area contributed by atoms with Gasteiger partial charge < -0.3 is 0 Å². The van der Waals surface area contributed by atoms with Gasteiger partial charge in [-0.3, -0.25) is 9.48 Å². The molecule has 2 aromatic heterocycles. The maximum Gasteiger partial charge on any atom is 0.172 e. The molecule has 90 valence electrons. The van der Waals surface area contributed by atoms with Crippen molar-refractivity contribution < 1.29 is 4.79 Å². The second kappa shape index (κ2) is 5.47. The van der Waals surface area contributed by atoms with Crippen LogP contribution >= 0.6 is 22.9 Å². The average Bonchev–Trinajstić information content (AvgIpc) is 2.93. The number of carbonyl (C=O) groups is 1. The molecule has 0 atom stereocenters. The minimum Gasteiger partial charge on any atom is -0.293 e. The first kappa shape index (κ1) is 12.3. The fraction of sp³-hybridized carbons (Fsp3) is 0.333. The second-order valence-corrected chi connectivity index (χ2v) is 5.16. The highest BCUT2D eigenvalue weighted by molar-refractivity contribution is 7.12. The van der Waals surface area contributed by atoms with Crippen LogP contribution in [0.2, 0.25) is 5.02 Å². The topological polar surface area (TPSA) is 34.9 Å². The van der Waals surface area contributed by atoms with Crippen LogP contribution in [0.5, 0.6) is 0 Å². The van der Waals surface area contributed by atoms with Crippen LogP contribution in [0.3, 0.4) is 0 Å². The van der Waals surface area contributed by atoms with Crippen LogP contribution < -0.4 is 0 Å². The fourth-order valence-electron chi connectivity index (χ4n) is 1.60. The summed E-state index contributed by atoms with van der Waals surface area (Å²) in [7, 11) is 0. The second-order valence-electron chi connectivity index (χ2n) is 3.81. The SMILES string of the molecule is Cc1c(Cl)cnn1CCCC(=O)c1cccs1. The van der Waals surface area contributed by atoms with Crippen molar-refractivity contribution in [2.45, 2.75) is 26.3 Å². The lowest BCUT2D eigenvalue weighted by molar-refractivity contribution is 0.0982. The molecule has 3 nitrogen and oxygen atoms in total. The summed E-state index contributed by atoms with van der Waals surface area (Å²) < 4.78 is 1.84. The van der Waals surface area contributed by atoms with Crippen LogP contribution in [-0.2, 0) is 6.54 Å². The molecular weight excluding hydrogens is 256 g/mol. The van der Waals surface area contributed by atoms with E-state index in [1.807, 2.05) is 29.1 Å². The van der Waals surface area contributed by atoms with Crippen LogP contribution in [0.1, 0.15) is 28.2 Å². The number of carbonyl (C=O) groups excluding carboxylic acids is 1. The van der Waals surface area contributed by atoms with E-state index in [1.165, 1.54) is 11.3 Å². The van der Waals surface area contributed by atoms with E-state index in [2.05, 4.69) is 5.10 Å². The lowest BCUT2D eigenvalue weighted by Crippen LogP contribution is -2.05. The van der Waals surface area contributed by atoms with Gasteiger partial charge in [0.2, 0.25) is 0 Å². The van der Waals surface area contributed by atoms with Crippen molar-refractivity contribution in [1.29, 1.82) is 0 Å². The Morgan fingerprint density at radius 3 is 3.00 bits per heavy atom. The van der Waals surface area contributed by atoms with Gasteiger partial charge in [0.05, 0.1) is 21.8 Å². The van der Waals surface area contributed by atoms with Crippen LogP contribution in [0.25, 0.3) is 0 Å². The van der Waals surface area contributed by atoms with Crippen molar-refractivity contribution in [3.8, 4) is 0 Å². The smallest absolute Gasteiger partial charge is 0.172 e. The zero-order valence-electron chi connectivity index (χ0n) is 9.52. The summed E-state index contributed by atoms with van der Waals surface area (Å²) in [5.74, 6) is 0.205. The van der Waals surface area contributed by atoms with Gasteiger partial charge in [0.1, 0.15) is 0 Å². The number of rotatable bonds is 5. The maximum atomic E-state index is 11.7. The fourth-order valence-corrected chi connectivity index (χ4v) is 2.43. The van der Waals surface area contributed by atoms with Crippen molar-refractivity contribution >= 4 is 28.7 Å². The summed E-state index contributed by atoms with van der Waals surface area (Å²) >= 11 is 7.39. The molecule has 0 spiro atoms. The molecule has 0 fully saturated rings. The van der Waals surface area contributed by atoms with Gasteiger partial charge in [-0.2, -0.15) is 5.10 Å². The van der Waals surface area contributed by atoms with Crippen molar-refractivity contribution in [3.05, 3.63) is 39.3 Å². The lowest BCUT2D eigenvalue weighted by Gasteiger charge is -2.03. The van der Waals surface area contributed by atoms with Crippen LogP contribution in [0.4, 0.5) is 0 Å². The third-order valence-corrected chi connectivity index (χ3v) is 3.90. The lowest BCUT2D eigenvalue weighted by atomic mass is 10.2. The summed E-state index contributed by atoms with van der Waals surface area (Å²) in [6.45, 7) is 2.66. The molecule has 2 aromatic rings. The molecule has 0 N–H and O–H groups in total. The van der Waals surface area contributed by atoms with Crippen LogP contribution in [0.15, 0.2) is 23.7 Å². The molecule has 0 saturated heterocycles. The molecule has 17 heavy (non-hydrogen) atoms. The molecule has 0 amide bonds. The van der Waals surface area contributed by atoms with E-state index < -0.39 is 0 Å². The molecule has 0 aliphatic carbocycles. The number of hydrogen-bond donors (Lipinski definition) is 0. The van der Waals surface area contributed by atoms with Crippen molar-refractivity contribution in [2.24, 2.45) is 0 Å². The van der Waals surface area contributed by atoms with Gasteiger partial charge in [-0.05, 0) is 24.8 Å². The summed E-state index contributed by atoms with van der Waals surface area (Å²) in [6.07, 6.45) is 2.98. The molecule has 5 heteroatoms. The third kappa shape index (κ3) is 2.96. The van der Waals surface area contributed by atoms with Crippen molar-refractivity contribution in [1.82, 2.24) is 9.78 Å². The first-order chi connectivity index (χ1) is 8.18. The number of Topliss-reactive ketones (excluding diaryl/α,β-unsaturated/α-hetero) is 1. The van der Waals surface area contributed by atoms with Gasteiger partial charge >= 0.3 is 0 Å². The molecule has 0 saturated carbocycles. The molecule has 2 heterocycles. The molecule has 0 aliphatic rings. The minimum atomic E-state index is 0.205. The Labute approximate surface area is 109 Å². The number of hydrogen-bond acceptors (Lipinski definition) is 3. The predicted molar refractivity (Wildman–Crippen MR) is 69.9 cm³/mol. The van der Waals surface area contributed by atoms with E-state index >= 15 is 0 Å². The summed E-state index contributed by atoms with van der Waals surface area (Å²) in [5, 5.41) is 6.75. The van der Waals surface area contributed by atoms with Gasteiger partial charge in [-0.1, -0.05) is 17.7 Å². The monoisotopic (exact) mass is 268 g/mol. The summed E-state index contributed by atoms with van der Waals surface area (Å²) in [5.41, 5.74) is 0.954. The molecule has 2 rings (SSSR count). The number of thiophene rings is 1. The van der Waals surface area contributed by atoms with Gasteiger partial charge in [0, 0.05) is 13.0 Å². The van der Waals surface area contributed by atoms with Crippen LogP contribution in [0, 0.1) is 6.92 Å². The quantitative estimate of drug-likeness (QED) is 0.777. The largest absolute Gasteiger partial charge is 0.293 e. The molecule has 0 bridgehead atoms. The van der Waals surface area contributed by atoms with E-state index in [1.54, 1.807) is 6.20 Å². The molecule has 0 aliphatic heterocycles. The first-order valence-electron chi connectivity index (χ1n) is 5.43. The van der Waals surface area contributed by atoms with Gasteiger partial charge in [-0.15, -0.1) is 11.3 Å². The minimum absolute atomic E-state index is 0.205. The highest BCUT2D eigenvalue weighted by Crippen LogP contribution is 2.15. The highest BCUT2D eigenvalue weighted by atomic mass is 35.5. The number of ketones is 1. The molecule has 0 radical (unpaired) electrons. The Balaban J connectivity index is 1.84. The molecule has 0 aromatic carbocycles. The Morgan fingerprint density at radius 2 is 2.41 bits per heavy atom. The number of aryl methyl sites for hydroxylation is 1. The highest BCUT2D eigenvalue weighted by Gasteiger charge is 2.08. The Bertz CT molecular complexity index is 505. The Kier molecular flexibility index (Phi) is 3.97. The van der Waals surface area contributed by atoms with E-state index in [-0.39, 0.29) is 5.78 Å². The number of aromatic nitrogens is 2. The zero-order chi connectivity index (χ0) is 12.3. The van der Waals surface area contributed by atoms with Gasteiger partial charge in [0.15, 0.2) is 5.78 Å². The van der Waals surface area contributed by atoms with E-state index in [0.717, 1.165) is 23.5 Å². The Morgan fingerprint density at radius 1 is 1.59 bits per heavy atom. The molecular formula is C12H13ClN2OS. The normalized spacial score (nSPS) is 10.7. The standard InChI is InChI=1S/C12H13ClN2OS/c1-9-10(13)8-14-15(9)6-2-4-11(16)12-5-3-7-17-12/h3,5,7-8H,2,4,6H2,1H3. The Hall–Kier alpha value is -1.13. The summed E-state index contributed by atoms with van der Waals surface area (Å²) in [4.78, 5) is 12.6. The maximum absolute atomic E-state index is 11.7. The van der Waals surface area contributed by atoms with E-state index in [0.29, 0.717) is 11.4 Å². The van der Waals surface area contributed by atoms with Crippen molar-refractivity contribution in [2.75, 3.05) is 0 Å². The number of halogens is 1. The van der Waals surface area contributed by atoms with E-state index in [9.17, 15) is 4.79 Å². The summed E-state index contributed by atoms with van der Waals surface area (Å²) in [6, 6.07) is 3.76. The van der Waals surface area contributed by atoms with Crippen LogP contribution in [-0.4, -0.2) is 15.6 Å². The number of nitrogens with zero attached hydrogens (tertiary/aromatic N) is 2. The van der Waals surface area contributed by atoms with E-state index in [4.69, 9.17) is 11.6 Å². The van der Waals surface area contributed by atoms with Gasteiger partial charge in [0.25, 0.3) is 0 Å². The predicted octanol–water partition coefficient (Wildman–Crippen LogP) is 3.57. The molecule has 0 unspecified atom stereocenters. The average molecular weight is 269 g/mol. The van der Waals surface area contributed by atoms with Gasteiger partial charge in [-0.25, -0.2) is 0 Å². The first-order valence-corrected chi connectivity index (χ1v) is 6.69.